The number of anilines is 1. The molecule has 0 radical (unpaired) electrons. The lowest BCUT2D eigenvalue weighted by Gasteiger charge is -2.13. The Kier molecular flexibility index (Phi) is 4.09. The summed E-state index contributed by atoms with van der Waals surface area (Å²) in [5.41, 5.74) is -3.51. The Morgan fingerprint density at radius 3 is 2.37 bits per heavy atom. The Bertz CT molecular complexity index is 508. The van der Waals surface area contributed by atoms with Crippen LogP contribution in [-0.4, -0.2) is 5.51 Å². The van der Waals surface area contributed by atoms with Crippen LogP contribution in [0.2, 0.25) is 0 Å². The third kappa shape index (κ3) is 4.24. The molecule has 1 heterocycles. The minimum absolute atomic E-state index is 0.0453. The first-order valence-corrected chi connectivity index (χ1v) is 6.41. The van der Waals surface area contributed by atoms with Crippen LogP contribution in [0.3, 0.4) is 0 Å². The van der Waals surface area contributed by atoms with Crippen molar-refractivity contribution < 1.29 is 17.6 Å². The number of thioether (sulfide) groups is 1. The smallest absolute Gasteiger partial charge is 0.446 e. The molecule has 2 nitrogen and oxygen atoms in total. The molecule has 0 bridgehead atoms. The van der Waals surface area contributed by atoms with Crippen molar-refractivity contribution in [3.8, 4) is 0 Å². The highest BCUT2D eigenvalue weighted by Crippen LogP contribution is 2.37. The predicted molar refractivity (Wildman–Crippen MR) is 69.1 cm³/mol. The van der Waals surface area contributed by atoms with E-state index in [0.717, 1.165) is 11.4 Å². The number of nitrogens with one attached hydrogen (secondary N) is 1. The molecule has 0 aliphatic heterocycles. The van der Waals surface area contributed by atoms with E-state index in [9.17, 15) is 13.2 Å². The molecular weight excluding hydrogens is 275 g/mol. The number of hydrogen-bond donors (Lipinski definition) is 1. The Labute approximate surface area is 113 Å². The molecule has 1 aromatic heterocycles. The molecule has 1 atom stereocenters. The Morgan fingerprint density at radius 1 is 1.16 bits per heavy atom. The topological polar surface area (TPSA) is 25.2 Å². The van der Waals surface area contributed by atoms with Crippen LogP contribution in [0.15, 0.2) is 52.0 Å². The van der Waals surface area contributed by atoms with Crippen LogP contribution >= 0.6 is 11.8 Å². The van der Waals surface area contributed by atoms with Gasteiger partial charge in [0.2, 0.25) is 0 Å². The van der Waals surface area contributed by atoms with Gasteiger partial charge in [-0.3, -0.25) is 0 Å². The fourth-order valence-electron chi connectivity index (χ4n) is 1.61. The maximum atomic E-state index is 12.2. The largest absolute Gasteiger partial charge is 0.467 e. The minimum Gasteiger partial charge on any atom is -0.467 e. The van der Waals surface area contributed by atoms with E-state index in [-0.39, 0.29) is 22.7 Å². The maximum absolute atomic E-state index is 12.2. The van der Waals surface area contributed by atoms with Gasteiger partial charge in [0.1, 0.15) is 5.76 Å². The third-order valence-corrected chi connectivity index (χ3v) is 3.18. The first-order chi connectivity index (χ1) is 8.94. The minimum atomic E-state index is -4.25. The number of halogens is 3. The highest BCUT2D eigenvalue weighted by molar-refractivity contribution is 8.00. The summed E-state index contributed by atoms with van der Waals surface area (Å²) in [5, 5.41) is 3.15. The molecule has 0 saturated heterocycles. The van der Waals surface area contributed by atoms with Gasteiger partial charge < -0.3 is 9.73 Å². The first-order valence-electron chi connectivity index (χ1n) is 5.60. The zero-order chi connectivity index (χ0) is 13.9. The molecule has 0 aliphatic carbocycles. The van der Waals surface area contributed by atoms with E-state index in [2.05, 4.69) is 5.32 Å². The maximum Gasteiger partial charge on any atom is 0.446 e. The van der Waals surface area contributed by atoms with E-state index < -0.39 is 5.51 Å². The lowest BCUT2D eigenvalue weighted by molar-refractivity contribution is -0.0328. The van der Waals surface area contributed by atoms with E-state index in [4.69, 9.17) is 4.42 Å². The summed E-state index contributed by atoms with van der Waals surface area (Å²) in [6, 6.07) is 9.70. The number of rotatable bonds is 4. The van der Waals surface area contributed by atoms with Gasteiger partial charge in [-0.15, -0.1) is 0 Å². The van der Waals surface area contributed by atoms with Crippen LogP contribution < -0.4 is 5.32 Å². The highest BCUT2D eigenvalue weighted by atomic mass is 32.2. The molecule has 0 amide bonds. The summed E-state index contributed by atoms with van der Waals surface area (Å²) in [4.78, 5) is 0.170. The Morgan fingerprint density at radius 2 is 1.84 bits per heavy atom. The lowest BCUT2D eigenvalue weighted by atomic mass is 10.2. The number of furan rings is 1. The molecule has 19 heavy (non-hydrogen) atoms. The second kappa shape index (κ2) is 5.61. The average molecular weight is 287 g/mol. The normalized spacial score (nSPS) is 13.3. The Balaban J connectivity index is 1.99. The van der Waals surface area contributed by atoms with Gasteiger partial charge in [-0.05, 0) is 55.1 Å². The van der Waals surface area contributed by atoms with Crippen LogP contribution in [-0.2, 0) is 0 Å². The van der Waals surface area contributed by atoms with Gasteiger partial charge in [-0.25, -0.2) is 0 Å². The quantitative estimate of drug-likeness (QED) is 0.795. The van der Waals surface area contributed by atoms with Gasteiger partial charge in [0.05, 0.1) is 12.3 Å². The van der Waals surface area contributed by atoms with Gasteiger partial charge in [-0.1, -0.05) is 0 Å². The van der Waals surface area contributed by atoms with Crippen LogP contribution in [0.4, 0.5) is 18.9 Å². The predicted octanol–water partition coefficient (Wildman–Crippen LogP) is 5.06. The van der Waals surface area contributed by atoms with Crippen LogP contribution in [0.1, 0.15) is 18.7 Å². The molecule has 0 spiro atoms. The van der Waals surface area contributed by atoms with E-state index in [1.807, 2.05) is 13.0 Å². The fourth-order valence-corrected chi connectivity index (χ4v) is 2.15. The van der Waals surface area contributed by atoms with E-state index in [0.29, 0.717) is 0 Å². The fraction of sp³-hybridized carbons (Fsp3) is 0.231. The second-order valence-electron chi connectivity index (χ2n) is 3.95. The van der Waals surface area contributed by atoms with Crippen molar-refractivity contribution >= 4 is 17.4 Å². The SMILES string of the molecule is CC(Nc1ccc(SC(F)(F)F)cc1)c1ccco1. The van der Waals surface area contributed by atoms with Crippen molar-refractivity contribution in [2.24, 2.45) is 0 Å². The van der Waals surface area contributed by atoms with Gasteiger partial charge in [0, 0.05) is 10.6 Å². The molecule has 0 aliphatic rings. The van der Waals surface area contributed by atoms with E-state index >= 15 is 0 Å². The molecule has 102 valence electrons. The molecular formula is C13H12F3NOS. The average Bonchev–Trinajstić information content (AvgIpc) is 2.83. The number of alkyl halides is 3. The molecule has 2 rings (SSSR count). The van der Waals surface area contributed by atoms with Crippen molar-refractivity contribution in [3.63, 3.8) is 0 Å². The second-order valence-corrected chi connectivity index (χ2v) is 5.09. The highest BCUT2D eigenvalue weighted by Gasteiger charge is 2.29. The molecule has 1 N–H and O–H groups in total. The molecule has 1 aromatic carbocycles. The number of hydrogen-bond acceptors (Lipinski definition) is 3. The summed E-state index contributed by atoms with van der Waals surface area (Å²) < 4.78 is 41.8. The molecule has 2 aromatic rings. The molecule has 6 heteroatoms. The van der Waals surface area contributed by atoms with Crippen molar-refractivity contribution in [1.82, 2.24) is 0 Å². The lowest BCUT2D eigenvalue weighted by Crippen LogP contribution is -2.05. The zero-order valence-electron chi connectivity index (χ0n) is 10.1. The monoisotopic (exact) mass is 287 g/mol. The van der Waals surface area contributed by atoms with Crippen molar-refractivity contribution in [3.05, 3.63) is 48.4 Å². The standard InChI is InChI=1S/C13H12F3NOS/c1-9(12-3-2-8-18-12)17-10-4-6-11(7-5-10)19-13(14,15)16/h2-9,17H,1H3. The van der Waals surface area contributed by atoms with Gasteiger partial charge in [0.25, 0.3) is 0 Å². The third-order valence-electron chi connectivity index (χ3n) is 2.44. The molecule has 0 saturated carbocycles. The van der Waals surface area contributed by atoms with Crippen molar-refractivity contribution in [2.45, 2.75) is 23.4 Å². The van der Waals surface area contributed by atoms with Crippen molar-refractivity contribution in [2.75, 3.05) is 5.32 Å². The van der Waals surface area contributed by atoms with Crippen LogP contribution in [0, 0.1) is 0 Å². The summed E-state index contributed by atoms with van der Waals surface area (Å²) >= 11 is -0.120. The van der Waals surface area contributed by atoms with Gasteiger partial charge in [-0.2, -0.15) is 13.2 Å². The van der Waals surface area contributed by atoms with Gasteiger partial charge in [0.15, 0.2) is 0 Å². The molecule has 0 fully saturated rings. The van der Waals surface area contributed by atoms with Crippen molar-refractivity contribution in [1.29, 1.82) is 0 Å². The van der Waals surface area contributed by atoms with Crippen LogP contribution in [0.25, 0.3) is 0 Å². The summed E-state index contributed by atoms with van der Waals surface area (Å²) in [6.45, 7) is 1.91. The van der Waals surface area contributed by atoms with Gasteiger partial charge >= 0.3 is 5.51 Å². The van der Waals surface area contributed by atoms with Crippen LogP contribution in [0.5, 0.6) is 0 Å². The first kappa shape index (κ1) is 13.9. The zero-order valence-corrected chi connectivity index (χ0v) is 10.9. The number of benzene rings is 1. The summed E-state index contributed by atoms with van der Waals surface area (Å²) in [5.74, 6) is 0.772. The van der Waals surface area contributed by atoms with E-state index in [1.165, 1.54) is 12.1 Å². The summed E-state index contributed by atoms with van der Waals surface area (Å²) in [7, 11) is 0. The van der Waals surface area contributed by atoms with E-state index in [1.54, 1.807) is 24.5 Å². The summed E-state index contributed by atoms with van der Waals surface area (Å²) in [6.07, 6.45) is 1.58. The Hall–Kier alpha value is -1.56. The molecule has 1 unspecified atom stereocenters.